The first-order valence-corrected chi connectivity index (χ1v) is 7.28. The number of nitrogens with one attached hydrogen (secondary N) is 1. The Morgan fingerprint density at radius 2 is 2.18 bits per heavy atom. The molecule has 0 saturated heterocycles. The second-order valence-electron chi connectivity index (χ2n) is 3.26. The molecule has 1 aromatic carbocycles. The van der Waals surface area contributed by atoms with Gasteiger partial charge in [0.15, 0.2) is 0 Å². The fraction of sp³-hybridized carbons (Fsp3) is 0.111. The van der Waals surface area contributed by atoms with Crippen LogP contribution in [0.15, 0.2) is 28.6 Å². The van der Waals surface area contributed by atoms with Crippen LogP contribution in [0.2, 0.25) is 5.02 Å². The summed E-state index contributed by atoms with van der Waals surface area (Å²) in [6.07, 6.45) is 0. The Hall–Kier alpha value is -1.18. The van der Waals surface area contributed by atoms with Crippen LogP contribution >= 0.6 is 22.9 Å². The highest BCUT2D eigenvalue weighted by Gasteiger charge is 2.18. The first-order chi connectivity index (χ1) is 7.99. The Bertz CT molecular complexity index is 626. The number of halogens is 1. The molecule has 0 radical (unpaired) electrons. The number of hydrogen-bond donors (Lipinski definition) is 1. The molecule has 0 fully saturated rings. The van der Waals surface area contributed by atoms with Crippen molar-refractivity contribution in [3.8, 4) is 0 Å². The molecule has 1 heterocycles. The molecule has 8 heteroatoms. The second kappa shape index (κ2) is 4.59. The van der Waals surface area contributed by atoms with Gasteiger partial charge in [-0.25, -0.2) is 8.42 Å². The summed E-state index contributed by atoms with van der Waals surface area (Å²) in [5.41, 5.74) is 2.03. The van der Waals surface area contributed by atoms with Crippen LogP contribution in [-0.2, 0) is 10.0 Å². The SMILES string of the molecule is Cc1cc(Cl)ccc1S(=O)(=O)Nc1nncs1. The molecule has 0 aliphatic rings. The smallest absolute Gasteiger partial charge is 0.253 e. The summed E-state index contributed by atoms with van der Waals surface area (Å²) in [5, 5.41) is 7.92. The van der Waals surface area contributed by atoms with Crippen molar-refractivity contribution in [1.29, 1.82) is 0 Å². The molecule has 0 amide bonds. The molecule has 0 atom stereocenters. The van der Waals surface area contributed by atoms with Crippen LogP contribution < -0.4 is 4.72 Å². The molecule has 2 aromatic rings. The van der Waals surface area contributed by atoms with Crippen molar-refractivity contribution >= 4 is 38.1 Å². The molecule has 2 rings (SSSR count). The summed E-state index contributed by atoms with van der Waals surface area (Å²) in [7, 11) is -3.63. The highest BCUT2D eigenvalue weighted by molar-refractivity contribution is 7.93. The summed E-state index contributed by atoms with van der Waals surface area (Å²) in [5.74, 6) is 0. The second-order valence-corrected chi connectivity index (χ2v) is 6.18. The number of hydrogen-bond acceptors (Lipinski definition) is 5. The average molecular weight is 290 g/mol. The van der Waals surface area contributed by atoms with Gasteiger partial charge in [-0.2, -0.15) is 0 Å². The van der Waals surface area contributed by atoms with Crippen molar-refractivity contribution in [1.82, 2.24) is 10.2 Å². The van der Waals surface area contributed by atoms with Gasteiger partial charge in [0.1, 0.15) is 5.51 Å². The van der Waals surface area contributed by atoms with E-state index in [1.807, 2.05) is 0 Å². The van der Waals surface area contributed by atoms with Crippen LogP contribution in [0.4, 0.5) is 5.13 Å². The van der Waals surface area contributed by atoms with Gasteiger partial charge < -0.3 is 0 Å². The van der Waals surface area contributed by atoms with Gasteiger partial charge >= 0.3 is 0 Å². The zero-order chi connectivity index (χ0) is 12.5. The van der Waals surface area contributed by atoms with E-state index >= 15 is 0 Å². The molecule has 0 bridgehead atoms. The molecule has 0 aliphatic carbocycles. The van der Waals surface area contributed by atoms with E-state index in [0.717, 1.165) is 11.3 Å². The molecule has 1 N–H and O–H groups in total. The first-order valence-electron chi connectivity index (χ1n) is 4.54. The minimum atomic E-state index is -3.63. The molecule has 5 nitrogen and oxygen atoms in total. The van der Waals surface area contributed by atoms with Gasteiger partial charge in [-0.3, -0.25) is 4.72 Å². The third kappa shape index (κ3) is 2.74. The van der Waals surface area contributed by atoms with E-state index in [1.165, 1.54) is 17.6 Å². The number of benzene rings is 1. The standard InChI is InChI=1S/C9H8ClN3O2S2/c1-6-4-7(10)2-3-8(6)17(14,15)13-9-12-11-5-16-9/h2-5H,1H3,(H,12,13). The monoisotopic (exact) mass is 289 g/mol. The minimum Gasteiger partial charge on any atom is -0.253 e. The van der Waals surface area contributed by atoms with E-state index in [4.69, 9.17) is 11.6 Å². The number of anilines is 1. The van der Waals surface area contributed by atoms with Gasteiger partial charge in [0, 0.05) is 5.02 Å². The van der Waals surface area contributed by atoms with Crippen LogP contribution in [-0.4, -0.2) is 18.6 Å². The zero-order valence-corrected chi connectivity index (χ0v) is 11.1. The molecular formula is C9H8ClN3O2S2. The van der Waals surface area contributed by atoms with E-state index in [-0.39, 0.29) is 10.0 Å². The van der Waals surface area contributed by atoms with Crippen LogP contribution in [0.5, 0.6) is 0 Å². The van der Waals surface area contributed by atoms with E-state index in [1.54, 1.807) is 13.0 Å². The predicted molar refractivity (Wildman–Crippen MR) is 66.9 cm³/mol. The lowest BCUT2D eigenvalue weighted by atomic mass is 10.2. The van der Waals surface area contributed by atoms with E-state index in [9.17, 15) is 8.42 Å². The predicted octanol–water partition coefficient (Wildman–Crippen LogP) is 2.30. The average Bonchev–Trinajstić information content (AvgIpc) is 2.68. The Morgan fingerprint density at radius 3 is 2.76 bits per heavy atom. The highest BCUT2D eigenvalue weighted by atomic mass is 35.5. The molecule has 0 unspecified atom stereocenters. The summed E-state index contributed by atoms with van der Waals surface area (Å²) < 4.78 is 26.4. The quantitative estimate of drug-likeness (QED) is 0.941. The lowest BCUT2D eigenvalue weighted by Crippen LogP contribution is -2.14. The summed E-state index contributed by atoms with van der Waals surface area (Å²) in [6, 6.07) is 4.58. The summed E-state index contributed by atoms with van der Waals surface area (Å²) in [6.45, 7) is 1.68. The Labute approximate surface area is 108 Å². The van der Waals surface area contributed by atoms with E-state index < -0.39 is 10.0 Å². The van der Waals surface area contributed by atoms with Gasteiger partial charge in [-0.05, 0) is 30.7 Å². The van der Waals surface area contributed by atoms with Gasteiger partial charge in [0.05, 0.1) is 4.90 Å². The van der Waals surface area contributed by atoms with Crippen LogP contribution in [0.25, 0.3) is 0 Å². The van der Waals surface area contributed by atoms with Gasteiger partial charge in [-0.1, -0.05) is 22.9 Å². The van der Waals surface area contributed by atoms with Crippen molar-refractivity contribution in [2.24, 2.45) is 0 Å². The fourth-order valence-corrected chi connectivity index (χ4v) is 3.45. The number of aryl methyl sites for hydroxylation is 1. The largest absolute Gasteiger partial charge is 0.263 e. The minimum absolute atomic E-state index is 0.178. The highest BCUT2D eigenvalue weighted by Crippen LogP contribution is 2.22. The van der Waals surface area contributed by atoms with Crippen molar-refractivity contribution in [2.75, 3.05) is 4.72 Å². The summed E-state index contributed by atoms with van der Waals surface area (Å²) >= 11 is 6.89. The number of sulfonamides is 1. The molecule has 90 valence electrons. The van der Waals surface area contributed by atoms with Crippen molar-refractivity contribution in [3.63, 3.8) is 0 Å². The Morgan fingerprint density at radius 1 is 1.41 bits per heavy atom. The van der Waals surface area contributed by atoms with Gasteiger partial charge in [0.25, 0.3) is 10.0 Å². The molecule has 0 spiro atoms. The molecule has 0 saturated carbocycles. The maximum atomic E-state index is 12.0. The van der Waals surface area contributed by atoms with E-state index in [0.29, 0.717) is 10.6 Å². The molecule has 17 heavy (non-hydrogen) atoms. The molecule has 1 aromatic heterocycles. The molecule has 0 aliphatic heterocycles. The third-order valence-electron chi connectivity index (χ3n) is 2.01. The van der Waals surface area contributed by atoms with Gasteiger partial charge in [0.2, 0.25) is 5.13 Å². The van der Waals surface area contributed by atoms with Crippen molar-refractivity contribution < 1.29 is 8.42 Å². The maximum absolute atomic E-state index is 12.0. The first kappa shape index (κ1) is 12.3. The maximum Gasteiger partial charge on any atom is 0.263 e. The van der Waals surface area contributed by atoms with Crippen LogP contribution in [0.1, 0.15) is 5.56 Å². The fourth-order valence-electron chi connectivity index (χ4n) is 1.30. The number of rotatable bonds is 3. The Balaban J connectivity index is 2.38. The lowest BCUT2D eigenvalue weighted by molar-refractivity contribution is 0.600. The van der Waals surface area contributed by atoms with Gasteiger partial charge in [-0.15, -0.1) is 10.2 Å². The van der Waals surface area contributed by atoms with Crippen molar-refractivity contribution in [3.05, 3.63) is 34.3 Å². The zero-order valence-electron chi connectivity index (χ0n) is 8.71. The summed E-state index contributed by atoms with van der Waals surface area (Å²) in [4.78, 5) is 0.178. The van der Waals surface area contributed by atoms with E-state index in [2.05, 4.69) is 14.9 Å². The van der Waals surface area contributed by atoms with Crippen molar-refractivity contribution in [2.45, 2.75) is 11.8 Å². The van der Waals surface area contributed by atoms with Crippen LogP contribution in [0, 0.1) is 6.92 Å². The number of nitrogens with zero attached hydrogens (tertiary/aromatic N) is 2. The number of aromatic nitrogens is 2. The lowest BCUT2D eigenvalue weighted by Gasteiger charge is -2.07. The molecular weight excluding hydrogens is 282 g/mol. The normalized spacial score (nSPS) is 11.4. The van der Waals surface area contributed by atoms with Crippen LogP contribution in [0.3, 0.4) is 0 Å². The topological polar surface area (TPSA) is 72.0 Å². The Kier molecular flexibility index (Phi) is 3.32. The third-order valence-corrected chi connectivity index (χ3v) is 4.48.